The molecule has 0 N–H and O–H groups in total. The summed E-state index contributed by atoms with van der Waals surface area (Å²) in [6.45, 7) is 6.82. The van der Waals surface area contributed by atoms with Gasteiger partial charge in [-0.15, -0.1) is 0 Å². The number of benzene rings is 4. The van der Waals surface area contributed by atoms with Crippen molar-refractivity contribution in [3.8, 4) is 23.0 Å². The Hall–Kier alpha value is -2.76. The Balaban J connectivity index is 1.38. The molecule has 0 atom stereocenters. The summed E-state index contributed by atoms with van der Waals surface area (Å²) in [4.78, 5) is 7.61. The fourth-order valence-electron chi connectivity index (χ4n) is 5.56. The summed E-state index contributed by atoms with van der Waals surface area (Å²) in [6, 6.07) is 25.0. The maximum absolute atomic E-state index is 6.61. The Kier molecular flexibility index (Phi) is 15.7. The van der Waals surface area contributed by atoms with Crippen molar-refractivity contribution in [1.29, 1.82) is 0 Å². The zero-order valence-electron chi connectivity index (χ0n) is 30.0. The first-order valence-electron chi connectivity index (χ1n) is 18.0. The van der Waals surface area contributed by atoms with Crippen LogP contribution in [0.5, 0.6) is 23.0 Å². The molecule has 0 saturated carbocycles. The van der Waals surface area contributed by atoms with Crippen LogP contribution in [0.4, 0.5) is 0 Å². The van der Waals surface area contributed by atoms with E-state index in [1.165, 1.54) is 0 Å². The van der Waals surface area contributed by atoms with Gasteiger partial charge in [0.2, 0.25) is 0 Å². The molecule has 0 fully saturated rings. The standard InChI is InChI=1S/C40H44O10S4/c1-5-29-37-30(6-1)52-32-8-3-10-34-39(32)49-27-23-45-19-15-42-14-18-44-22-26-48-38-31(51-29)7-2-9-33(38)53-35-11-4-12-36(54-34)40(35)50-28-24-46-20-16-41-13-17-43-21-25-47-37/h1-12H,13-28H2. The first-order valence-corrected chi connectivity index (χ1v) is 21.3. The molecule has 0 aromatic heterocycles. The molecule has 0 aliphatic carbocycles. The second kappa shape index (κ2) is 21.5. The lowest BCUT2D eigenvalue weighted by Gasteiger charge is -2.22. The van der Waals surface area contributed by atoms with E-state index in [1.54, 1.807) is 47.0 Å². The third kappa shape index (κ3) is 11.2. The molecule has 288 valence electrons. The Morgan fingerprint density at radius 3 is 0.593 bits per heavy atom. The van der Waals surface area contributed by atoms with Gasteiger partial charge in [-0.2, -0.15) is 0 Å². The van der Waals surface area contributed by atoms with E-state index in [-0.39, 0.29) is 0 Å². The zero-order valence-corrected chi connectivity index (χ0v) is 33.2. The van der Waals surface area contributed by atoms with Crippen LogP contribution < -0.4 is 18.9 Å². The van der Waals surface area contributed by atoms with Crippen molar-refractivity contribution in [2.75, 3.05) is 106 Å². The highest BCUT2D eigenvalue weighted by molar-refractivity contribution is 8.01. The highest BCUT2D eigenvalue weighted by Gasteiger charge is 2.23. The van der Waals surface area contributed by atoms with Gasteiger partial charge in [0, 0.05) is 0 Å². The highest BCUT2D eigenvalue weighted by atomic mass is 32.2. The Morgan fingerprint density at radius 2 is 0.407 bits per heavy atom. The molecule has 54 heavy (non-hydrogen) atoms. The van der Waals surface area contributed by atoms with Crippen molar-refractivity contribution in [3.05, 3.63) is 72.8 Å². The third-order valence-electron chi connectivity index (χ3n) is 8.04. The maximum Gasteiger partial charge on any atom is 0.147 e. The molecule has 14 heteroatoms. The van der Waals surface area contributed by atoms with E-state index in [2.05, 4.69) is 72.8 Å². The molecule has 0 radical (unpaired) electrons. The summed E-state index contributed by atoms with van der Waals surface area (Å²) in [6.07, 6.45) is 0. The average molecular weight is 813 g/mol. The topological polar surface area (TPSA) is 92.3 Å². The Labute approximate surface area is 333 Å². The minimum absolute atomic E-state index is 0.364. The molecule has 0 amide bonds. The van der Waals surface area contributed by atoms with Crippen molar-refractivity contribution >= 4 is 47.0 Å². The first kappa shape index (κ1) is 39.5. The van der Waals surface area contributed by atoms with Crippen molar-refractivity contribution in [1.82, 2.24) is 0 Å². The number of para-hydroxylation sites is 4. The normalized spacial score (nSPS) is 18.5. The quantitative estimate of drug-likeness (QED) is 0.150. The molecule has 0 unspecified atom stereocenters. The average Bonchev–Trinajstić information content (AvgIpc) is 3.17. The van der Waals surface area contributed by atoms with E-state index in [4.69, 9.17) is 47.4 Å². The maximum atomic E-state index is 6.61. The summed E-state index contributed by atoms with van der Waals surface area (Å²) in [5.41, 5.74) is 0. The summed E-state index contributed by atoms with van der Waals surface area (Å²) in [5.74, 6) is 3.06. The molecular formula is C40H44O10S4. The fraction of sp³-hybridized carbons (Fsp3) is 0.400. The highest BCUT2D eigenvalue weighted by Crippen LogP contribution is 2.53. The van der Waals surface area contributed by atoms with E-state index in [1.807, 2.05) is 0 Å². The van der Waals surface area contributed by atoms with Crippen molar-refractivity contribution < 1.29 is 47.4 Å². The smallest absolute Gasteiger partial charge is 0.147 e. The summed E-state index contributed by atoms with van der Waals surface area (Å²) >= 11 is 6.43. The monoisotopic (exact) mass is 812 g/mol. The minimum Gasteiger partial charge on any atom is -0.489 e. The predicted molar refractivity (Wildman–Crippen MR) is 209 cm³/mol. The second-order valence-corrected chi connectivity index (χ2v) is 16.1. The van der Waals surface area contributed by atoms with Gasteiger partial charge in [0.05, 0.1) is 118 Å². The first-order chi connectivity index (χ1) is 26.8. The zero-order chi connectivity index (χ0) is 36.6. The van der Waals surface area contributed by atoms with Gasteiger partial charge in [0.1, 0.15) is 49.4 Å². The fourth-order valence-corrected chi connectivity index (χ4v) is 10.0. The van der Waals surface area contributed by atoms with E-state index in [0.29, 0.717) is 106 Å². The van der Waals surface area contributed by atoms with Crippen LogP contribution >= 0.6 is 47.0 Å². The molecule has 0 spiro atoms. The van der Waals surface area contributed by atoms with E-state index >= 15 is 0 Å². The van der Waals surface area contributed by atoms with Gasteiger partial charge < -0.3 is 47.4 Å². The second-order valence-electron chi connectivity index (χ2n) is 11.8. The Morgan fingerprint density at radius 1 is 0.241 bits per heavy atom. The van der Waals surface area contributed by atoms with Gasteiger partial charge in [-0.25, -0.2) is 0 Å². The molecule has 3 aliphatic rings. The molecule has 7 rings (SSSR count). The number of hydrogen-bond donors (Lipinski definition) is 0. The molecule has 4 aromatic carbocycles. The van der Waals surface area contributed by atoms with Crippen LogP contribution in [0, 0.1) is 0 Å². The molecule has 3 heterocycles. The van der Waals surface area contributed by atoms with Gasteiger partial charge in [-0.05, 0) is 48.5 Å². The molecule has 10 nitrogen and oxygen atoms in total. The van der Waals surface area contributed by atoms with Gasteiger partial charge in [0.25, 0.3) is 0 Å². The van der Waals surface area contributed by atoms with Gasteiger partial charge in [0.15, 0.2) is 0 Å². The van der Waals surface area contributed by atoms with E-state index in [9.17, 15) is 0 Å². The van der Waals surface area contributed by atoms with E-state index < -0.39 is 0 Å². The number of rotatable bonds is 0. The largest absolute Gasteiger partial charge is 0.489 e. The molecule has 4 aromatic rings. The molecular weight excluding hydrogens is 769 g/mol. The molecule has 3 aliphatic heterocycles. The van der Waals surface area contributed by atoms with Crippen molar-refractivity contribution in [2.24, 2.45) is 0 Å². The van der Waals surface area contributed by atoms with Crippen LogP contribution in [0.2, 0.25) is 0 Å². The molecule has 0 saturated heterocycles. The van der Waals surface area contributed by atoms with E-state index in [0.717, 1.165) is 62.2 Å². The number of ether oxygens (including phenoxy) is 10. The lowest BCUT2D eigenvalue weighted by molar-refractivity contribution is 0.00439. The molecule has 12 bridgehead atoms. The van der Waals surface area contributed by atoms with Crippen molar-refractivity contribution in [3.63, 3.8) is 0 Å². The lowest BCUT2D eigenvalue weighted by Crippen LogP contribution is -2.15. The van der Waals surface area contributed by atoms with Crippen LogP contribution in [0.15, 0.2) is 112 Å². The summed E-state index contributed by atoms with van der Waals surface area (Å²) < 4.78 is 61.4. The summed E-state index contributed by atoms with van der Waals surface area (Å²) in [5, 5.41) is 0. The third-order valence-corrected chi connectivity index (χ3v) is 12.4. The van der Waals surface area contributed by atoms with Crippen LogP contribution in [-0.4, -0.2) is 106 Å². The SMILES string of the molecule is c1cc2c3c(c1)Sc1cccc4c1OCCOCCOCCOCCOc1c(cccc1Sc1cccc(c1OCCOCCOCCOCCO3)S4)S2. The van der Waals surface area contributed by atoms with Gasteiger partial charge in [-0.3, -0.25) is 0 Å². The van der Waals surface area contributed by atoms with Crippen LogP contribution in [0.1, 0.15) is 0 Å². The van der Waals surface area contributed by atoms with Crippen LogP contribution in [0.25, 0.3) is 0 Å². The van der Waals surface area contributed by atoms with Gasteiger partial charge >= 0.3 is 0 Å². The Bertz CT molecular complexity index is 1460. The van der Waals surface area contributed by atoms with Gasteiger partial charge in [-0.1, -0.05) is 71.3 Å². The van der Waals surface area contributed by atoms with Crippen LogP contribution in [0.3, 0.4) is 0 Å². The van der Waals surface area contributed by atoms with Crippen molar-refractivity contribution in [2.45, 2.75) is 39.2 Å². The summed E-state index contributed by atoms with van der Waals surface area (Å²) in [7, 11) is 0. The lowest BCUT2D eigenvalue weighted by atomic mass is 10.3. The number of hydrogen-bond acceptors (Lipinski definition) is 14. The minimum atomic E-state index is 0.364. The van der Waals surface area contributed by atoms with Crippen LogP contribution in [-0.2, 0) is 28.4 Å². The predicted octanol–water partition coefficient (Wildman–Crippen LogP) is 8.25.